The van der Waals surface area contributed by atoms with Gasteiger partial charge in [0.1, 0.15) is 23.8 Å². The minimum Gasteiger partial charge on any atom is -0.497 e. The van der Waals surface area contributed by atoms with Gasteiger partial charge < -0.3 is 29.0 Å². The third kappa shape index (κ3) is 7.60. The summed E-state index contributed by atoms with van der Waals surface area (Å²) in [6.45, 7) is 5.38. The summed E-state index contributed by atoms with van der Waals surface area (Å²) in [5, 5.41) is 1.15. The van der Waals surface area contributed by atoms with Gasteiger partial charge in [-0.25, -0.2) is 0 Å². The predicted molar refractivity (Wildman–Crippen MR) is 161 cm³/mol. The number of nitrogens with zero attached hydrogens (tertiary/aromatic N) is 2. The minimum atomic E-state index is -0.245. The molecule has 0 radical (unpaired) electrons. The number of benzene rings is 3. The molecule has 1 N–H and O–H groups in total. The maximum absolute atomic E-state index is 13.9. The number of para-hydroxylation sites is 1. The molecule has 0 saturated heterocycles. The third-order valence-corrected chi connectivity index (χ3v) is 7.01. The largest absolute Gasteiger partial charge is 0.497 e. The summed E-state index contributed by atoms with van der Waals surface area (Å²) in [6, 6.07) is 20.9. The lowest BCUT2D eigenvalue weighted by molar-refractivity contribution is -0.132. The van der Waals surface area contributed by atoms with Gasteiger partial charge in [-0.05, 0) is 53.8 Å². The van der Waals surface area contributed by atoms with Gasteiger partial charge in [0, 0.05) is 48.4 Å². The maximum atomic E-state index is 13.9. The monoisotopic (exact) mass is 557 g/mol. The molecule has 0 aliphatic heterocycles. The zero-order chi connectivity index (χ0) is 29.4. The molecule has 4 rings (SSSR count). The first kappa shape index (κ1) is 29.5. The number of carbonyl (C=O) groups is 2. The number of amides is 2. The van der Waals surface area contributed by atoms with E-state index in [4.69, 9.17) is 14.2 Å². The van der Waals surface area contributed by atoms with Crippen LogP contribution in [0.2, 0.25) is 0 Å². The van der Waals surface area contributed by atoms with Gasteiger partial charge in [0.05, 0.1) is 21.3 Å². The fourth-order valence-corrected chi connectivity index (χ4v) is 4.87. The van der Waals surface area contributed by atoms with Gasteiger partial charge in [-0.1, -0.05) is 44.2 Å². The Bertz CT molecular complexity index is 1440. The molecule has 216 valence electrons. The molecule has 0 aliphatic carbocycles. The van der Waals surface area contributed by atoms with Crippen LogP contribution < -0.4 is 14.2 Å². The highest BCUT2D eigenvalue weighted by atomic mass is 16.5. The van der Waals surface area contributed by atoms with E-state index in [-0.39, 0.29) is 24.3 Å². The number of aromatic amines is 1. The first-order chi connectivity index (χ1) is 19.8. The van der Waals surface area contributed by atoms with E-state index in [1.54, 1.807) is 44.4 Å². The number of carbonyl (C=O) groups excluding carboxylic acids is 2. The van der Waals surface area contributed by atoms with Crippen LogP contribution in [0, 0.1) is 5.92 Å². The minimum absolute atomic E-state index is 0.0411. The van der Waals surface area contributed by atoms with E-state index < -0.39 is 0 Å². The maximum Gasteiger partial charge on any atom is 0.254 e. The third-order valence-electron chi connectivity index (χ3n) is 7.01. The Labute approximate surface area is 241 Å². The van der Waals surface area contributed by atoms with E-state index in [1.807, 2.05) is 67.4 Å². The summed E-state index contributed by atoms with van der Waals surface area (Å²) < 4.78 is 16.0. The van der Waals surface area contributed by atoms with E-state index in [2.05, 4.69) is 11.1 Å². The molecule has 0 bridgehead atoms. The van der Waals surface area contributed by atoms with Crippen molar-refractivity contribution < 1.29 is 23.8 Å². The molecule has 1 heterocycles. The van der Waals surface area contributed by atoms with Gasteiger partial charge in [0.15, 0.2) is 0 Å². The molecule has 2 amide bonds. The number of hydrogen-bond acceptors (Lipinski definition) is 5. The van der Waals surface area contributed by atoms with Crippen LogP contribution in [0.5, 0.6) is 17.2 Å². The average molecular weight is 558 g/mol. The van der Waals surface area contributed by atoms with E-state index in [0.29, 0.717) is 43.1 Å². The molecule has 41 heavy (non-hydrogen) atoms. The molecule has 1 aromatic heterocycles. The van der Waals surface area contributed by atoms with Crippen molar-refractivity contribution in [2.24, 2.45) is 5.92 Å². The summed E-state index contributed by atoms with van der Waals surface area (Å²) in [7, 11) is 4.72. The number of nitrogens with one attached hydrogen (secondary N) is 1. The van der Waals surface area contributed by atoms with E-state index in [0.717, 1.165) is 27.8 Å². The van der Waals surface area contributed by atoms with Gasteiger partial charge >= 0.3 is 0 Å². The van der Waals surface area contributed by atoms with Crippen molar-refractivity contribution in [1.29, 1.82) is 0 Å². The molecule has 0 aliphatic rings. The highest BCUT2D eigenvalue weighted by Gasteiger charge is 2.24. The van der Waals surface area contributed by atoms with E-state index >= 15 is 0 Å². The summed E-state index contributed by atoms with van der Waals surface area (Å²) in [5.74, 6) is 1.59. The number of H-pyrrole nitrogens is 1. The Morgan fingerprint density at radius 3 is 2.12 bits per heavy atom. The molecule has 8 nitrogen and oxygen atoms in total. The molecule has 0 spiro atoms. The Hall–Kier alpha value is -4.46. The summed E-state index contributed by atoms with van der Waals surface area (Å²) >= 11 is 0. The van der Waals surface area contributed by atoms with Crippen molar-refractivity contribution in [3.63, 3.8) is 0 Å². The fourth-order valence-electron chi connectivity index (χ4n) is 4.87. The number of hydrogen-bond donors (Lipinski definition) is 1. The van der Waals surface area contributed by atoms with Gasteiger partial charge in [0.25, 0.3) is 5.91 Å². The van der Waals surface area contributed by atoms with Gasteiger partial charge in [-0.2, -0.15) is 0 Å². The predicted octanol–water partition coefficient (Wildman–Crippen LogP) is 5.56. The first-order valence-electron chi connectivity index (χ1n) is 13.8. The normalized spacial score (nSPS) is 11.0. The van der Waals surface area contributed by atoms with Crippen LogP contribution >= 0.6 is 0 Å². The topological polar surface area (TPSA) is 84.1 Å². The second-order valence-corrected chi connectivity index (χ2v) is 10.5. The van der Waals surface area contributed by atoms with Crippen LogP contribution in [-0.2, 0) is 17.8 Å². The number of aromatic nitrogens is 1. The van der Waals surface area contributed by atoms with Crippen LogP contribution in [0.25, 0.3) is 10.9 Å². The zero-order valence-corrected chi connectivity index (χ0v) is 24.5. The van der Waals surface area contributed by atoms with Crippen molar-refractivity contribution in [2.75, 3.05) is 41.0 Å². The zero-order valence-electron chi connectivity index (χ0n) is 24.5. The molecular weight excluding hydrogens is 518 g/mol. The number of ether oxygens (including phenoxy) is 3. The Balaban J connectivity index is 1.58. The molecule has 4 aromatic rings. The second-order valence-electron chi connectivity index (χ2n) is 10.5. The fraction of sp³-hybridized carbons (Fsp3) is 0.333. The van der Waals surface area contributed by atoms with Gasteiger partial charge in [-0.3, -0.25) is 9.59 Å². The van der Waals surface area contributed by atoms with E-state index in [1.165, 1.54) is 0 Å². The lowest BCUT2D eigenvalue weighted by Gasteiger charge is -2.29. The van der Waals surface area contributed by atoms with Crippen LogP contribution in [0.15, 0.2) is 72.9 Å². The Morgan fingerprint density at radius 1 is 0.829 bits per heavy atom. The molecule has 0 fully saturated rings. The highest BCUT2D eigenvalue weighted by molar-refractivity contribution is 5.97. The van der Waals surface area contributed by atoms with Gasteiger partial charge in [-0.15, -0.1) is 0 Å². The molecular formula is C33H39N3O5. The van der Waals surface area contributed by atoms with Crippen molar-refractivity contribution in [3.8, 4) is 17.2 Å². The number of fused-ring (bicyclic) bond motifs is 1. The number of rotatable bonds is 13. The second kappa shape index (κ2) is 13.7. The molecule has 3 aromatic carbocycles. The SMILES string of the molecule is COc1ccc(CN(CCc2c[nH]c3ccccc23)C(=O)CN(CC(C)C)C(=O)c2cc(OC)cc(OC)c2)cc1. The van der Waals surface area contributed by atoms with Crippen molar-refractivity contribution >= 4 is 22.7 Å². The van der Waals surface area contributed by atoms with Crippen molar-refractivity contribution in [1.82, 2.24) is 14.8 Å². The summed E-state index contributed by atoms with van der Waals surface area (Å²) in [5.41, 5.74) is 3.61. The smallest absolute Gasteiger partial charge is 0.254 e. The van der Waals surface area contributed by atoms with Gasteiger partial charge in [0.2, 0.25) is 5.91 Å². The summed E-state index contributed by atoms with van der Waals surface area (Å²) in [4.78, 5) is 34.4. The molecule has 8 heteroatoms. The highest BCUT2D eigenvalue weighted by Crippen LogP contribution is 2.24. The molecule has 0 unspecified atom stereocenters. The van der Waals surface area contributed by atoms with Crippen molar-refractivity contribution in [3.05, 3.63) is 89.6 Å². The molecule has 0 saturated carbocycles. The van der Waals surface area contributed by atoms with Crippen LogP contribution in [0.1, 0.15) is 35.3 Å². The van der Waals surface area contributed by atoms with Crippen LogP contribution in [-0.4, -0.2) is 67.6 Å². The lowest BCUT2D eigenvalue weighted by atomic mass is 10.1. The standard InChI is InChI=1S/C33H39N3O5/c1-23(2)20-36(33(38)26-16-28(40-4)18-29(17-26)41-5)22-32(37)35(21-24-10-12-27(39-3)13-11-24)15-14-25-19-34-31-9-7-6-8-30(25)31/h6-13,16-19,23,34H,14-15,20-22H2,1-5H3. The Kier molecular flexibility index (Phi) is 9.90. The quantitative estimate of drug-likeness (QED) is 0.233. The Morgan fingerprint density at radius 2 is 1.49 bits per heavy atom. The number of methoxy groups -OCH3 is 3. The summed E-state index contributed by atoms with van der Waals surface area (Å²) in [6.07, 6.45) is 2.68. The average Bonchev–Trinajstić information content (AvgIpc) is 3.41. The van der Waals surface area contributed by atoms with Crippen LogP contribution in [0.3, 0.4) is 0 Å². The lowest BCUT2D eigenvalue weighted by Crippen LogP contribution is -2.44. The van der Waals surface area contributed by atoms with E-state index in [9.17, 15) is 9.59 Å². The van der Waals surface area contributed by atoms with Crippen molar-refractivity contribution in [2.45, 2.75) is 26.8 Å². The van der Waals surface area contributed by atoms with Crippen LogP contribution in [0.4, 0.5) is 0 Å². The first-order valence-corrected chi connectivity index (χ1v) is 13.8. The molecule has 0 atom stereocenters.